The molecule has 0 aromatic heterocycles. The highest BCUT2D eigenvalue weighted by molar-refractivity contribution is 6.01. The number of allylic oxidation sites excluding steroid dienone is 1. The first-order valence-electron chi connectivity index (χ1n) is 8.87. The van der Waals surface area contributed by atoms with E-state index in [1.807, 2.05) is 27.7 Å². The van der Waals surface area contributed by atoms with Crippen molar-refractivity contribution in [2.45, 2.75) is 41.5 Å². The molecular formula is C19H34O6. The molecular weight excluding hydrogens is 324 g/mol. The molecule has 6 heteroatoms. The molecule has 0 aliphatic rings. The number of rotatable bonds is 13. The summed E-state index contributed by atoms with van der Waals surface area (Å²) in [5, 5.41) is 0. The van der Waals surface area contributed by atoms with Crippen LogP contribution in [0.4, 0.5) is 0 Å². The number of hydrogen-bond acceptors (Lipinski definition) is 6. The summed E-state index contributed by atoms with van der Waals surface area (Å²) in [4.78, 5) is 24.6. The zero-order chi connectivity index (χ0) is 19.3. The average molecular weight is 358 g/mol. The molecule has 0 saturated heterocycles. The predicted octanol–water partition coefficient (Wildman–Crippen LogP) is 3.00. The van der Waals surface area contributed by atoms with Gasteiger partial charge in [0.15, 0.2) is 5.41 Å². The standard InChI is InChI=1S/C19H34O6/c1-7-8-19(6,17(20)24-11-9-22-13-15(2)3)18(21)25-12-10-23-14-16(4)5/h7-8,15-16H,9-14H2,1-6H3. The summed E-state index contributed by atoms with van der Waals surface area (Å²) in [6, 6.07) is 0. The third kappa shape index (κ3) is 10.2. The van der Waals surface area contributed by atoms with Crippen LogP contribution >= 0.6 is 0 Å². The second kappa shape index (κ2) is 12.9. The molecule has 0 fully saturated rings. The van der Waals surface area contributed by atoms with Crippen LogP contribution in [0.3, 0.4) is 0 Å². The van der Waals surface area contributed by atoms with Crippen LogP contribution < -0.4 is 0 Å². The predicted molar refractivity (Wildman–Crippen MR) is 96.2 cm³/mol. The number of carbonyl (C=O) groups excluding carboxylic acids is 2. The molecule has 0 saturated carbocycles. The minimum atomic E-state index is -1.47. The second-order valence-electron chi connectivity index (χ2n) is 6.91. The smallest absolute Gasteiger partial charge is 0.327 e. The molecule has 0 atom stereocenters. The Hall–Kier alpha value is -1.40. The van der Waals surface area contributed by atoms with E-state index < -0.39 is 17.4 Å². The van der Waals surface area contributed by atoms with Gasteiger partial charge in [-0.15, -0.1) is 0 Å². The van der Waals surface area contributed by atoms with Crippen LogP contribution in [0.2, 0.25) is 0 Å². The van der Waals surface area contributed by atoms with Gasteiger partial charge in [-0.1, -0.05) is 39.8 Å². The zero-order valence-corrected chi connectivity index (χ0v) is 16.5. The summed E-state index contributed by atoms with van der Waals surface area (Å²) in [5.41, 5.74) is -1.47. The van der Waals surface area contributed by atoms with Crippen molar-refractivity contribution in [3.05, 3.63) is 12.2 Å². The van der Waals surface area contributed by atoms with Crippen molar-refractivity contribution in [2.24, 2.45) is 17.3 Å². The largest absolute Gasteiger partial charge is 0.462 e. The molecule has 0 heterocycles. The van der Waals surface area contributed by atoms with E-state index in [1.165, 1.54) is 13.0 Å². The maximum Gasteiger partial charge on any atom is 0.327 e. The fraction of sp³-hybridized carbons (Fsp3) is 0.789. The number of hydrogen-bond donors (Lipinski definition) is 0. The van der Waals surface area contributed by atoms with Crippen LogP contribution in [0.25, 0.3) is 0 Å². The van der Waals surface area contributed by atoms with Gasteiger partial charge in [-0.2, -0.15) is 0 Å². The van der Waals surface area contributed by atoms with Gasteiger partial charge in [-0.05, 0) is 25.7 Å². The number of carbonyl (C=O) groups is 2. The number of esters is 2. The van der Waals surface area contributed by atoms with E-state index in [1.54, 1.807) is 13.0 Å². The molecule has 0 unspecified atom stereocenters. The molecule has 0 aliphatic heterocycles. The van der Waals surface area contributed by atoms with Crippen molar-refractivity contribution in [3.63, 3.8) is 0 Å². The molecule has 0 spiro atoms. The van der Waals surface area contributed by atoms with Crippen LogP contribution in [0.1, 0.15) is 41.5 Å². The third-order valence-electron chi connectivity index (χ3n) is 3.17. The summed E-state index contributed by atoms with van der Waals surface area (Å²) < 4.78 is 21.1. The molecule has 25 heavy (non-hydrogen) atoms. The van der Waals surface area contributed by atoms with E-state index in [4.69, 9.17) is 18.9 Å². The van der Waals surface area contributed by atoms with E-state index in [2.05, 4.69) is 0 Å². The Balaban J connectivity index is 4.39. The summed E-state index contributed by atoms with van der Waals surface area (Å²) in [5.74, 6) is -0.465. The van der Waals surface area contributed by atoms with Gasteiger partial charge in [0.1, 0.15) is 13.2 Å². The normalized spacial score (nSPS) is 12.2. The van der Waals surface area contributed by atoms with Gasteiger partial charge in [0.05, 0.1) is 13.2 Å². The first kappa shape index (κ1) is 23.6. The van der Waals surface area contributed by atoms with E-state index >= 15 is 0 Å². The summed E-state index contributed by atoms with van der Waals surface area (Å²) in [6.07, 6.45) is 3.12. The van der Waals surface area contributed by atoms with Gasteiger partial charge in [0.2, 0.25) is 0 Å². The summed E-state index contributed by atoms with van der Waals surface area (Å²) >= 11 is 0. The lowest BCUT2D eigenvalue weighted by molar-refractivity contribution is -0.169. The maximum atomic E-state index is 12.3. The Morgan fingerprint density at radius 2 is 1.24 bits per heavy atom. The molecule has 146 valence electrons. The van der Waals surface area contributed by atoms with Gasteiger partial charge in [0.25, 0.3) is 0 Å². The topological polar surface area (TPSA) is 71.1 Å². The highest BCUT2D eigenvalue weighted by atomic mass is 16.6. The van der Waals surface area contributed by atoms with Crippen LogP contribution in [-0.4, -0.2) is 51.6 Å². The van der Waals surface area contributed by atoms with Gasteiger partial charge in [0, 0.05) is 13.2 Å². The SMILES string of the molecule is CC=CC(C)(C(=O)OCCOCC(C)C)C(=O)OCCOCC(C)C. The average Bonchev–Trinajstić information content (AvgIpc) is 2.53. The lowest BCUT2D eigenvalue weighted by Crippen LogP contribution is -2.38. The molecule has 6 nitrogen and oxygen atoms in total. The first-order chi connectivity index (χ1) is 11.7. The van der Waals surface area contributed by atoms with Gasteiger partial charge < -0.3 is 18.9 Å². The first-order valence-corrected chi connectivity index (χ1v) is 8.87. The van der Waals surface area contributed by atoms with Crippen molar-refractivity contribution < 1.29 is 28.5 Å². The van der Waals surface area contributed by atoms with Crippen molar-refractivity contribution in [1.29, 1.82) is 0 Å². The quantitative estimate of drug-likeness (QED) is 0.218. The molecule has 0 aliphatic carbocycles. The van der Waals surface area contributed by atoms with Crippen molar-refractivity contribution in [1.82, 2.24) is 0 Å². The molecule has 0 aromatic carbocycles. The Bertz CT molecular complexity index is 384. The molecule has 0 amide bonds. The van der Waals surface area contributed by atoms with Crippen molar-refractivity contribution >= 4 is 11.9 Å². The fourth-order valence-corrected chi connectivity index (χ4v) is 1.88. The lowest BCUT2D eigenvalue weighted by Gasteiger charge is -2.22. The lowest BCUT2D eigenvalue weighted by atomic mass is 9.90. The highest BCUT2D eigenvalue weighted by Gasteiger charge is 2.42. The van der Waals surface area contributed by atoms with Crippen LogP contribution in [0.15, 0.2) is 12.2 Å². The fourth-order valence-electron chi connectivity index (χ4n) is 1.88. The Labute approximate surface area is 151 Å². The maximum absolute atomic E-state index is 12.3. The summed E-state index contributed by atoms with van der Waals surface area (Å²) in [7, 11) is 0. The molecule has 0 radical (unpaired) electrons. The Kier molecular flexibility index (Phi) is 12.2. The highest BCUT2D eigenvalue weighted by Crippen LogP contribution is 2.23. The van der Waals surface area contributed by atoms with Gasteiger partial charge >= 0.3 is 11.9 Å². The molecule has 0 aromatic rings. The van der Waals surface area contributed by atoms with E-state index in [-0.39, 0.29) is 13.2 Å². The van der Waals surface area contributed by atoms with Crippen molar-refractivity contribution in [3.8, 4) is 0 Å². The van der Waals surface area contributed by atoms with E-state index in [9.17, 15) is 9.59 Å². The third-order valence-corrected chi connectivity index (χ3v) is 3.17. The minimum Gasteiger partial charge on any atom is -0.462 e. The summed E-state index contributed by atoms with van der Waals surface area (Å²) in [6.45, 7) is 13.4. The van der Waals surface area contributed by atoms with E-state index in [0.29, 0.717) is 38.3 Å². The van der Waals surface area contributed by atoms with Crippen molar-refractivity contribution in [2.75, 3.05) is 39.6 Å². The van der Waals surface area contributed by atoms with Crippen LogP contribution in [-0.2, 0) is 28.5 Å². The van der Waals surface area contributed by atoms with Gasteiger partial charge in [-0.3, -0.25) is 9.59 Å². The van der Waals surface area contributed by atoms with Gasteiger partial charge in [-0.25, -0.2) is 0 Å². The molecule has 0 bridgehead atoms. The second-order valence-corrected chi connectivity index (χ2v) is 6.91. The Morgan fingerprint density at radius 1 is 0.840 bits per heavy atom. The van der Waals surface area contributed by atoms with E-state index in [0.717, 1.165) is 0 Å². The number of ether oxygens (including phenoxy) is 4. The molecule has 0 N–H and O–H groups in total. The Morgan fingerprint density at radius 3 is 1.56 bits per heavy atom. The monoisotopic (exact) mass is 358 g/mol. The zero-order valence-electron chi connectivity index (χ0n) is 16.5. The molecule has 0 rings (SSSR count). The van der Waals surface area contributed by atoms with Crippen LogP contribution in [0, 0.1) is 17.3 Å². The minimum absolute atomic E-state index is 0.101. The van der Waals surface area contributed by atoms with Crippen LogP contribution in [0.5, 0.6) is 0 Å².